The minimum absolute atomic E-state index is 0.00347. The summed E-state index contributed by atoms with van der Waals surface area (Å²) in [6.07, 6.45) is 3.41. The average Bonchev–Trinajstić information content (AvgIpc) is 2.73. The minimum Gasteiger partial charge on any atom is -0.331 e. The third kappa shape index (κ3) is 1.37. The maximum atomic E-state index is 11.9. The van der Waals surface area contributed by atoms with Crippen molar-refractivity contribution in [2.45, 2.75) is 6.92 Å². The largest absolute Gasteiger partial charge is 0.331 e. The van der Waals surface area contributed by atoms with E-state index >= 15 is 0 Å². The van der Waals surface area contributed by atoms with Crippen molar-refractivity contribution in [2.24, 2.45) is 7.05 Å². The second-order valence-corrected chi connectivity index (χ2v) is 4.20. The number of imidazole rings is 1. The second-order valence-electron chi connectivity index (χ2n) is 3.08. The van der Waals surface area contributed by atoms with Crippen LogP contribution in [0, 0.1) is 6.92 Å². The molecule has 3 nitrogen and oxygen atoms in total. The average molecular weight is 206 g/mol. The first kappa shape index (κ1) is 9.15. The van der Waals surface area contributed by atoms with Gasteiger partial charge in [0.2, 0.25) is 5.78 Å². The van der Waals surface area contributed by atoms with Gasteiger partial charge in [0.15, 0.2) is 5.82 Å². The van der Waals surface area contributed by atoms with E-state index in [9.17, 15) is 4.79 Å². The number of hydrogen-bond donors (Lipinski definition) is 0. The number of nitrogens with zero attached hydrogens (tertiary/aromatic N) is 2. The molecule has 2 rings (SSSR count). The monoisotopic (exact) mass is 206 g/mol. The van der Waals surface area contributed by atoms with Crippen LogP contribution in [-0.2, 0) is 7.05 Å². The molecule has 2 aromatic heterocycles. The van der Waals surface area contributed by atoms with Crippen LogP contribution in [0.4, 0.5) is 0 Å². The molecule has 2 heterocycles. The highest BCUT2D eigenvalue weighted by Gasteiger charge is 2.15. The Morgan fingerprint density at radius 2 is 2.36 bits per heavy atom. The van der Waals surface area contributed by atoms with E-state index in [0.29, 0.717) is 5.82 Å². The zero-order valence-corrected chi connectivity index (χ0v) is 8.84. The summed E-state index contributed by atoms with van der Waals surface area (Å²) >= 11 is 1.58. The van der Waals surface area contributed by atoms with Crippen LogP contribution in [0.3, 0.4) is 0 Å². The number of carbonyl (C=O) groups excluding carboxylic acids is 1. The Morgan fingerprint density at radius 3 is 2.86 bits per heavy atom. The number of aromatic nitrogens is 2. The van der Waals surface area contributed by atoms with Gasteiger partial charge in [0.05, 0.1) is 0 Å². The van der Waals surface area contributed by atoms with Gasteiger partial charge in [-0.25, -0.2) is 4.98 Å². The van der Waals surface area contributed by atoms with Crippen molar-refractivity contribution in [2.75, 3.05) is 0 Å². The van der Waals surface area contributed by atoms with E-state index in [1.807, 2.05) is 25.4 Å². The van der Waals surface area contributed by atoms with E-state index in [-0.39, 0.29) is 5.78 Å². The Labute approximate surface area is 86.0 Å². The summed E-state index contributed by atoms with van der Waals surface area (Å²) in [5, 5.41) is 1.92. The van der Waals surface area contributed by atoms with Crippen molar-refractivity contribution in [3.05, 3.63) is 40.1 Å². The van der Waals surface area contributed by atoms with Gasteiger partial charge < -0.3 is 4.57 Å². The van der Waals surface area contributed by atoms with Crippen LogP contribution in [0.5, 0.6) is 0 Å². The Kier molecular flexibility index (Phi) is 2.21. The molecule has 4 heteroatoms. The van der Waals surface area contributed by atoms with Crippen molar-refractivity contribution in [3.63, 3.8) is 0 Å². The van der Waals surface area contributed by atoms with Gasteiger partial charge in [-0.3, -0.25) is 4.79 Å². The zero-order valence-electron chi connectivity index (χ0n) is 8.02. The van der Waals surface area contributed by atoms with E-state index in [0.717, 1.165) is 10.4 Å². The molecule has 0 amide bonds. The zero-order chi connectivity index (χ0) is 10.1. The lowest BCUT2D eigenvalue weighted by atomic mass is 10.1. The van der Waals surface area contributed by atoms with Gasteiger partial charge in [-0.2, -0.15) is 0 Å². The highest BCUT2D eigenvalue weighted by molar-refractivity contribution is 7.10. The van der Waals surface area contributed by atoms with Crippen LogP contribution in [-0.4, -0.2) is 15.3 Å². The Morgan fingerprint density at radius 1 is 1.57 bits per heavy atom. The van der Waals surface area contributed by atoms with Crippen LogP contribution in [0.15, 0.2) is 23.8 Å². The van der Waals surface area contributed by atoms with Gasteiger partial charge in [-0.05, 0) is 18.4 Å². The smallest absolute Gasteiger partial charge is 0.229 e. The topological polar surface area (TPSA) is 34.9 Å². The molecule has 0 atom stereocenters. The third-order valence-electron chi connectivity index (χ3n) is 2.13. The maximum absolute atomic E-state index is 11.9. The maximum Gasteiger partial charge on any atom is 0.229 e. The molecule has 0 aliphatic rings. The summed E-state index contributed by atoms with van der Waals surface area (Å²) in [6.45, 7) is 1.95. The first-order valence-electron chi connectivity index (χ1n) is 4.26. The molecule has 0 aliphatic heterocycles. The van der Waals surface area contributed by atoms with Gasteiger partial charge in [-0.15, -0.1) is 11.3 Å². The normalized spacial score (nSPS) is 10.4. The number of aryl methyl sites for hydroxylation is 2. The van der Waals surface area contributed by atoms with Crippen LogP contribution in [0.1, 0.15) is 21.1 Å². The molecular formula is C10H10N2OS. The number of thiophene rings is 1. The predicted octanol–water partition coefficient (Wildman–Crippen LogP) is 2.02. The molecule has 0 bridgehead atoms. The summed E-state index contributed by atoms with van der Waals surface area (Å²) in [7, 11) is 1.82. The number of carbonyl (C=O) groups is 1. The molecule has 0 saturated carbocycles. The standard InChI is InChI=1S/C10H10N2OS/c1-7-8(3-6-14-7)9(13)10-11-4-5-12(10)2/h3-6H,1-2H3. The summed E-state index contributed by atoms with van der Waals surface area (Å²) in [5.74, 6) is 0.489. The molecule has 72 valence electrons. The lowest BCUT2D eigenvalue weighted by Crippen LogP contribution is -2.08. The van der Waals surface area contributed by atoms with Crippen molar-refractivity contribution < 1.29 is 4.79 Å². The number of rotatable bonds is 2. The Bertz CT molecular complexity index is 428. The van der Waals surface area contributed by atoms with Crippen LogP contribution >= 0.6 is 11.3 Å². The van der Waals surface area contributed by atoms with Crippen molar-refractivity contribution in [1.29, 1.82) is 0 Å². The fourth-order valence-corrected chi connectivity index (χ4v) is 2.02. The Balaban J connectivity index is 2.44. The van der Waals surface area contributed by atoms with Crippen LogP contribution in [0.25, 0.3) is 0 Å². The van der Waals surface area contributed by atoms with Crippen molar-refractivity contribution in [3.8, 4) is 0 Å². The Hall–Kier alpha value is -1.42. The lowest BCUT2D eigenvalue weighted by molar-refractivity contribution is 0.102. The molecule has 14 heavy (non-hydrogen) atoms. The molecule has 0 spiro atoms. The van der Waals surface area contributed by atoms with E-state index in [4.69, 9.17) is 0 Å². The molecular weight excluding hydrogens is 196 g/mol. The molecule has 0 radical (unpaired) electrons. The van der Waals surface area contributed by atoms with Gasteiger partial charge in [0, 0.05) is 29.9 Å². The predicted molar refractivity (Wildman–Crippen MR) is 55.7 cm³/mol. The summed E-state index contributed by atoms with van der Waals surface area (Å²) in [6, 6.07) is 1.84. The summed E-state index contributed by atoms with van der Waals surface area (Å²) < 4.78 is 1.74. The van der Waals surface area contributed by atoms with Gasteiger partial charge >= 0.3 is 0 Å². The van der Waals surface area contributed by atoms with Gasteiger partial charge in [0.1, 0.15) is 0 Å². The highest BCUT2D eigenvalue weighted by Crippen LogP contribution is 2.17. The molecule has 0 aromatic carbocycles. The highest BCUT2D eigenvalue weighted by atomic mass is 32.1. The first-order chi connectivity index (χ1) is 6.70. The molecule has 0 fully saturated rings. The number of ketones is 1. The van der Waals surface area contributed by atoms with Crippen molar-refractivity contribution >= 4 is 17.1 Å². The van der Waals surface area contributed by atoms with E-state index in [2.05, 4.69) is 4.98 Å². The molecule has 0 saturated heterocycles. The number of hydrogen-bond acceptors (Lipinski definition) is 3. The quantitative estimate of drug-likeness (QED) is 0.705. The fraction of sp³-hybridized carbons (Fsp3) is 0.200. The molecule has 2 aromatic rings. The van der Waals surface area contributed by atoms with E-state index in [1.165, 1.54) is 0 Å². The first-order valence-corrected chi connectivity index (χ1v) is 5.14. The second kappa shape index (κ2) is 3.38. The lowest BCUT2D eigenvalue weighted by Gasteiger charge is -1.99. The van der Waals surface area contributed by atoms with Gasteiger partial charge in [-0.1, -0.05) is 0 Å². The molecule has 0 unspecified atom stereocenters. The fourth-order valence-electron chi connectivity index (χ4n) is 1.33. The molecule has 0 N–H and O–H groups in total. The van der Waals surface area contributed by atoms with Crippen LogP contribution < -0.4 is 0 Å². The summed E-state index contributed by atoms with van der Waals surface area (Å²) in [4.78, 5) is 17.0. The van der Waals surface area contributed by atoms with Crippen molar-refractivity contribution in [1.82, 2.24) is 9.55 Å². The minimum atomic E-state index is -0.00347. The van der Waals surface area contributed by atoms with E-state index in [1.54, 1.807) is 28.3 Å². The van der Waals surface area contributed by atoms with Gasteiger partial charge in [0.25, 0.3) is 0 Å². The van der Waals surface area contributed by atoms with E-state index < -0.39 is 0 Å². The third-order valence-corrected chi connectivity index (χ3v) is 2.97. The molecule has 0 aliphatic carbocycles. The SMILES string of the molecule is Cc1sccc1C(=O)c1nccn1C. The van der Waals surface area contributed by atoms with Crippen LogP contribution in [0.2, 0.25) is 0 Å². The summed E-state index contributed by atoms with van der Waals surface area (Å²) in [5.41, 5.74) is 0.754.